The highest BCUT2D eigenvalue weighted by atomic mass is 35.5. The summed E-state index contributed by atoms with van der Waals surface area (Å²) in [7, 11) is 0.210. The van der Waals surface area contributed by atoms with Crippen LogP contribution in [-0.2, 0) is 10.0 Å². The van der Waals surface area contributed by atoms with Gasteiger partial charge in [0.25, 0.3) is 10.0 Å². The summed E-state index contributed by atoms with van der Waals surface area (Å²) in [4.78, 5) is 15.4. The van der Waals surface area contributed by atoms with E-state index in [2.05, 4.69) is 44.0 Å². The molecule has 0 bridgehead atoms. The predicted molar refractivity (Wildman–Crippen MR) is 157 cm³/mol. The summed E-state index contributed by atoms with van der Waals surface area (Å²) in [5.74, 6) is -0.0138. The zero-order valence-electron chi connectivity index (χ0n) is 22.6. The molecule has 5 rings (SSSR count). The van der Waals surface area contributed by atoms with Crippen LogP contribution in [0.3, 0.4) is 0 Å². The van der Waals surface area contributed by atoms with E-state index in [4.69, 9.17) is 16.3 Å². The van der Waals surface area contributed by atoms with Gasteiger partial charge in [0.2, 0.25) is 5.95 Å². The van der Waals surface area contributed by atoms with Gasteiger partial charge in [-0.05, 0) is 76.2 Å². The van der Waals surface area contributed by atoms with Crippen LogP contribution in [0.2, 0.25) is 5.02 Å². The molecule has 1 fully saturated rings. The Morgan fingerprint density at radius 3 is 2.51 bits per heavy atom. The molecule has 1 aliphatic carbocycles. The van der Waals surface area contributed by atoms with Crippen LogP contribution in [0, 0.1) is 5.82 Å². The van der Waals surface area contributed by atoms with Gasteiger partial charge < -0.3 is 15.0 Å². The Balaban J connectivity index is 1.31. The van der Waals surface area contributed by atoms with Crippen LogP contribution < -0.4 is 14.8 Å². The average Bonchev–Trinajstić information content (AvgIpc) is 2.95. The number of aromatic nitrogens is 3. The summed E-state index contributed by atoms with van der Waals surface area (Å²) < 4.78 is 48.8. The standard InChI is InChI=1S/C29H30ClFN6O3S/c1-37(2)21-10-7-19(8-11-21)34-29-33-16-13-25(35-29)22-18-32-15-14-26(22)40-27-12-9-20(17-24(27)31)36-41(38,39)28-6-4-3-5-23(28)30/h3-6,9,12-19,21,36H,7-8,10-11H2,1-2H3,(H,33,34,35). The van der Waals surface area contributed by atoms with Gasteiger partial charge in [0.15, 0.2) is 11.6 Å². The van der Waals surface area contributed by atoms with Crippen molar-refractivity contribution in [3.8, 4) is 22.8 Å². The SMILES string of the molecule is CN(C)C1CCC(Nc2nccc(-c3cnccc3Oc3ccc(NS(=O)(=O)c4ccccc4Cl)cc3F)n2)CC1. The molecular weight excluding hydrogens is 567 g/mol. The largest absolute Gasteiger partial charge is 0.453 e. The van der Waals surface area contributed by atoms with Gasteiger partial charge in [-0.15, -0.1) is 0 Å². The molecule has 0 aliphatic heterocycles. The molecule has 4 aromatic rings. The number of hydrogen-bond acceptors (Lipinski definition) is 8. The van der Waals surface area contributed by atoms with E-state index in [0.717, 1.165) is 31.7 Å². The molecule has 214 valence electrons. The third-order valence-corrected chi connectivity index (χ3v) is 8.88. The zero-order valence-corrected chi connectivity index (χ0v) is 24.2. The molecule has 2 heterocycles. The molecular formula is C29H30ClFN6O3S. The monoisotopic (exact) mass is 596 g/mol. The Kier molecular flexibility index (Phi) is 8.67. The number of nitrogens with zero attached hydrogens (tertiary/aromatic N) is 4. The Bertz CT molecular complexity index is 1630. The fourth-order valence-electron chi connectivity index (χ4n) is 4.80. The second-order valence-corrected chi connectivity index (χ2v) is 12.1. The van der Waals surface area contributed by atoms with Gasteiger partial charge >= 0.3 is 0 Å². The van der Waals surface area contributed by atoms with E-state index in [9.17, 15) is 8.42 Å². The van der Waals surface area contributed by atoms with Crippen LogP contribution in [0.15, 0.2) is 78.1 Å². The number of pyridine rings is 1. The van der Waals surface area contributed by atoms with E-state index >= 15 is 4.39 Å². The molecule has 2 aromatic carbocycles. The second-order valence-electron chi connectivity index (χ2n) is 10.0. The highest BCUT2D eigenvalue weighted by Gasteiger charge is 2.23. The first-order valence-corrected chi connectivity index (χ1v) is 15.0. The first kappa shape index (κ1) is 28.7. The molecule has 0 radical (unpaired) electrons. The minimum absolute atomic E-state index is 0.0239. The van der Waals surface area contributed by atoms with Crippen molar-refractivity contribution >= 4 is 33.3 Å². The first-order chi connectivity index (χ1) is 19.7. The van der Waals surface area contributed by atoms with Gasteiger partial charge in [0.05, 0.1) is 22.0 Å². The Hall–Kier alpha value is -3.80. The summed E-state index contributed by atoms with van der Waals surface area (Å²) in [6.07, 6.45) is 9.06. The molecule has 12 heteroatoms. The van der Waals surface area contributed by atoms with E-state index in [0.29, 0.717) is 29.0 Å². The summed E-state index contributed by atoms with van der Waals surface area (Å²) in [5.41, 5.74) is 1.14. The van der Waals surface area contributed by atoms with Gasteiger partial charge in [0.1, 0.15) is 10.6 Å². The maximum absolute atomic E-state index is 15.1. The van der Waals surface area contributed by atoms with E-state index in [1.165, 1.54) is 30.5 Å². The number of benzene rings is 2. The van der Waals surface area contributed by atoms with Gasteiger partial charge in [-0.2, -0.15) is 0 Å². The Morgan fingerprint density at radius 2 is 1.78 bits per heavy atom. The number of ether oxygens (including phenoxy) is 1. The molecule has 0 unspecified atom stereocenters. The van der Waals surface area contributed by atoms with Crippen LogP contribution in [0.4, 0.5) is 16.0 Å². The van der Waals surface area contributed by atoms with Crippen molar-refractivity contribution in [3.05, 3.63) is 84.0 Å². The highest BCUT2D eigenvalue weighted by Crippen LogP contribution is 2.34. The second kappa shape index (κ2) is 12.4. The van der Waals surface area contributed by atoms with Crippen LogP contribution in [0.25, 0.3) is 11.3 Å². The van der Waals surface area contributed by atoms with Crippen LogP contribution in [0.5, 0.6) is 11.5 Å². The third-order valence-electron chi connectivity index (χ3n) is 7.00. The van der Waals surface area contributed by atoms with Crippen molar-refractivity contribution in [2.75, 3.05) is 24.1 Å². The number of anilines is 2. The van der Waals surface area contributed by atoms with Crippen LogP contribution >= 0.6 is 11.6 Å². The fraction of sp³-hybridized carbons (Fsp3) is 0.276. The van der Waals surface area contributed by atoms with E-state index in [1.807, 2.05) is 0 Å². The molecule has 0 saturated heterocycles. The lowest BCUT2D eigenvalue weighted by atomic mass is 9.91. The van der Waals surface area contributed by atoms with Crippen LogP contribution in [-0.4, -0.2) is 54.4 Å². The van der Waals surface area contributed by atoms with Gasteiger partial charge in [-0.1, -0.05) is 23.7 Å². The maximum Gasteiger partial charge on any atom is 0.263 e. The molecule has 9 nitrogen and oxygen atoms in total. The summed E-state index contributed by atoms with van der Waals surface area (Å²) >= 11 is 6.03. The van der Waals surface area contributed by atoms with Crippen LogP contribution in [0.1, 0.15) is 25.7 Å². The number of halogens is 2. The lowest BCUT2D eigenvalue weighted by molar-refractivity contribution is 0.221. The molecule has 0 spiro atoms. The smallest absolute Gasteiger partial charge is 0.263 e. The number of sulfonamides is 1. The molecule has 0 amide bonds. The first-order valence-electron chi connectivity index (χ1n) is 13.1. The topological polar surface area (TPSA) is 109 Å². The molecule has 41 heavy (non-hydrogen) atoms. The molecule has 1 aliphatic rings. The van der Waals surface area contributed by atoms with Crippen molar-refractivity contribution in [2.24, 2.45) is 0 Å². The van der Waals surface area contributed by atoms with E-state index in [-0.39, 0.29) is 27.4 Å². The van der Waals surface area contributed by atoms with Gasteiger partial charge in [-0.3, -0.25) is 9.71 Å². The zero-order chi connectivity index (χ0) is 29.0. The fourth-order valence-corrected chi connectivity index (χ4v) is 6.37. The minimum Gasteiger partial charge on any atom is -0.453 e. The molecule has 2 aromatic heterocycles. The number of nitrogens with one attached hydrogen (secondary N) is 2. The maximum atomic E-state index is 15.1. The minimum atomic E-state index is -4.02. The van der Waals surface area contributed by atoms with Crippen molar-refractivity contribution < 1.29 is 17.5 Å². The quantitative estimate of drug-likeness (QED) is 0.235. The van der Waals surface area contributed by atoms with Gasteiger partial charge in [-0.25, -0.2) is 22.8 Å². The Morgan fingerprint density at radius 1 is 1.00 bits per heavy atom. The van der Waals surface area contributed by atoms with E-state index < -0.39 is 15.8 Å². The summed E-state index contributed by atoms with van der Waals surface area (Å²) in [6, 6.07) is 14.0. The van der Waals surface area contributed by atoms with Gasteiger partial charge in [0, 0.05) is 36.7 Å². The summed E-state index contributed by atoms with van der Waals surface area (Å²) in [6.45, 7) is 0. The lowest BCUT2D eigenvalue weighted by Crippen LogP contribution is -2.36. The molecule has 2 N–H and O–H groups in total. The van der Waals surface area contributed by atoms with Crippen molar-refractivity contribution in [2.45, 2.75) is 42.7 Å². The van der Waals surface area contributed by atoms with E-state index in [1.54, 1.807) is 36.7 Å². The molecule has 0 atom stereocenters. The Labute approximate surface area is 243 Å². The third kappa shape index (κ3) is 6.92. The summed E-state index contributed by atoms with van der Waals surface area (Å²) in [5, 5.41) is 3.50. The predicted octanol–water partition coefficient (Wildman–Crippen LogP) is 6.21. The highest BCUT2D eigenvalue weighted by molar-refractivity contribution is 7.92. The lowest BCUT2D eigenvalue weighted by Gasteiger charge is -2.32. The van der Waals surface area contributed by atoms with Crippen molar-refractivity contribution in [3.63, 3.8) is 0 Å². The normalized spacial score (nSPS) is 17.3. The number of rotatable bonds is 9. The average molecular weight is 597 g/mol. The van der Waals surface area contributed by atoms with Crippen molar-refractivity contribution in [1.29, 1.82) is 0 Å². The molecule has 1 saturated carbocycles. The number of hydrogen-bond donors (Lipinski definition) is 2. The van der Waals surface area contributed by atoms with Crippen molar-refractivity contribution in [1.82, 2.24) is 19.9 Å².